The van der Waals surface area contributed by atoms with Crippen LogP contribution in [-0.2, 0) is 15.2 Å². The van der Waals surface area contributed by atoms with E-state index in [9.17, 15) is 4.79 Å². The molecule has 114 valence electrons. The first-order chi connectivity index (χ1) is 7.54. The molecule has 0 amide bonds. The third kappa shape index (κ3) is 18.6. The first-order valence-corrected chi connectivity index (χ1v) is 5.42. The van der Waals surface area contributed by atoms with Gasteiger partial charge in [-0.3, -0.25) is 9.11 Å². The van der Waals surface area contributed by atoms with Crippen LogP contribution in [0.5, 0.6) is 0 Å². The van der Waals surface area contributed by atoms with Crippen molar-refractivity contribution in [2.45, 2.75) is 24.4 Å². The van der Waals surface area contributed by atoms with E-state index in [1.807, 2.05) is 0 Å². The number of aldehydes is 1. The minimum Gasteiger partial charge on any atom is -1.00 e. The zero-order valence-corrected chi connectivity index (χ0v) is 13.4. The average Bonchev–Trinajstić information content (AvgIpc) is 2.22. The molecule has 0 aromatic carbocycles. The summed E-state index contributed by atoms with van der Waals surface area (Å²) in [4.78, 5) is 9.90. The number of rotatable bonds is 5. The maximum Gasteiger partial charge on any atom is 1.00 e. The van der Waals surface area contributed by atoms with Crippen molar-refractivity contribution in [1.82, 2.24) is 0 Å². The summed E-state index contributed by atoms with van der Waals surface area (Å²) >= 11 is 0. The molecular weight excluding hydrogens is 323 g/mol. The molecule has 10 nitrogen and oxygen atoms in total. The summed E-state index contributed by atoms with van der Waals surface area (Å²) in [5.74, 6) is 0. The maximum atomic E-state index is 9.90. The van der Waals surface area contributed by atoms with Gasteiger partial charge in [-0.25, -0.2) is 0 Å². The van der Waals surface area contributed by atoms with E-state index >= 15 is 0 Å². The molecule has 0 spiro atoms. The molecule has 0 radical (unpaired) electrons. The van der Waals surface area contributed by atoms with Gasteiger partial charge in [-0.2, -0.15) is 8.42 Å². The van der Waals surface area contributed by atoms with Gasteiger partial charge in [0.25, 0.3) is 0 Å². The third-order valence-electron chi connectivity index (χ3n) is 1.42. The van der Waals surface area contributed by atoms with Crippen LogP contribution in [0.15, 0.2) is 0 Å². The topological polar surface area (TPSA) is 193 Å². The summed E-state index contributed by atoms with van der Waals surface area (Å²) in [6.07, 6.45) is -6.84. The Morgan fingerprint density at radius 1 is 1.05 bits per heavy atom. The number of halogens is 1. The number of aliphatic hydroxyl groups excluding tert-OH is 5. The number of aliphatic hydroxyl groups is 5. The fraction of sp³-hybridized carbons (Fsp3) is 0.833. The normalized spacial score (nSPS) is 16.4. The molecule has 0 saturated carbocycles. The predicted molar refractivity (Wildman–Crippen MR) is 59.7 cm³/mol. The van der Waals surface area contributed by atoms with E-state index in [2.05, 4.69) is 0 Å². The van der Waals surface area contributed by atoms with E-state index in [1.165, 1.54) is 0 Å². The Labute approximate surface area is 138 Å². The van der Waals surface area contributed by atoms with Gasteiger partial charge in [0.05, 0.1) is 6.61 Å². The van der Waals surface area contributed by atoms with Crippen molar-refractivity contribution in [3.63, 3.8) is 0 Å². The van der Waals surface area contributed by atoms with Crippen molar-refractivity contribution < 1.29 is 78.8 Å². The standard InChI is InChI=1S/C6H12O6.ClH.Na.H2O4S.H/c7-1-3(9)5(11)6(12)4(10)2-8;;;1-5(2,3)4;/h1,3-6,8-12H,2H2;1H;;(H2,1,2,3,4);/q;;+1;;-1/t3-,4+,5+,6+;;;;/m0..../s1. The average molecular weight is 339 g/mol. The number of hydrogen-bond acceptors (Lipinski definition) is 8. The monoisotopic (exact) mass is 338 g/mol. The van der Waals surface area contributed by atoms with Gasteiger partial charge in [0.2, 0.25) is 0 Å². The van der Waals surface area contributed by atoms with Gasteiger partial charge in [0, 0.05) is 0 Å². The van der Waals surface area contributed by atoms with Gasteiger partial charge >= 0.3 is 40.0 Å². The van der Waals surface area contributed by atoms with Gasteiger partial charge in [-0.15, -0.1) is 12.4 Å². The molecule has 4 atom stereocenters. The van der Waals surface area contributed by atoms with Crippen molar-refractivity contribution in [3.05, 3.63) is 0 Å². The molecule has 0 aliphatic carbocycles. The zero-order valence-electron chi connectivity index (χ0n) is 10.8. The van der Waals surface area contributed by atoms with Crippen LogP contribution >= 0.6 is 12.4 Å². The van der Waals surface area contributed by atoms with Crippen molar-refractivity contribution in [1.29, 1.82) is 0 Å². The van der Waals surface area contributed by atoms with E-state index in [-0.39, 0.29) is 49.7 Å². The van der Waals surface area contributed by atoms with Gasteiger partial charge in [0.1, 0.15) is 24.4 Å². The van der Waals surface area contributed by atoms with E-state index in [0.717, 1.165) is 0 Å². The molecule has 0 aromatic heterocycles. The summed E-state index contributed by atoms with van der Waals surface area (Å²) < 4.78 is 31.6. The second kappa shape index (κ2) is 13.6. The molecule has 0 saturated heterocycles. The minimum atomic E-state index is -4.67. The van der Waals surface area contributed by atoms with Gasteiger partial charge in [0.15, 0.2) is 6.29 Å². The van der Waals surface area contributed by atoms with Gasteiger partial charge < -0.3 is 31.8 Å². The first kappa shape index (κ1) is 27.9. The van der Waals surface area contributed by atoms with Crippen LogP contribution < -0.4 is 29.6 Å². The number of carbonyl (C=O) groups excluding carboxylic acids is 1. The Hall–Kier alpha value is 0.630. The van der Waals surface area contributed by atoms with Gasteiger partial charge in [-0.05, 0) is 0 Å². The van der Waals surface area contributed by atoms with Crippen LogP contribution in [0, 0.1) is 0 Å². The van der Waals surface area contributed by atoms with Crippen LogP contribution in [-0.4, -0.2) is 80.4 Å². The molecule has 13 heteroatoms. The molecule has 0 bridgehead atoms. The van der Waals surface area contributed by atoms with Crippen LogP contribution in [0.25, 0.3) is 0 Å². The second-order valence-electron chi connectivity index (χ2n) is 2.81. The van der Waals surface area contributed by atoms with Crippen molar-refractivity contribution in [2.24, 2.45) is 0 Å². The molecule has 7 N–H and O–H groups in total. The fourth-order valence-corrected chi connectivity index (χ4v) is 0.618. The largest absolute Gasteiger partial charge is 1.00 e. The van der Waals surface area contributed by atoms with E-state index in [0.29, 0.717) is 0 Å². The molecular formula is C6H16ClNaO10S. The number of carbonyl (C=O) groups is 1. The van der Waals surface area contributed by atoms with Crippen LogP contribution in [0.2, 0.25) is 0 Å². The maximum absolute atomic E-state index is 9.90. The molecule has 0 heterocycles. The molecule has 0 aromatic rings. The Morgan fingerprint density at radius 2 is 1.37 bits per heavy atom. The molecule has 19 heavy (non-hydrogen) atoms. The van der Waals surface area contributed by atoms with Crippen molar-refractivity contribution >= 4 is 29.1 Å². The molecule has 0 unspecified atom stereocenters. The molecule has 0 rings (SSSR count). The van der Waals surface area contributed by atoms with Crippen LogP contribution in [0.4, 0.5) is 0 Å². The number of hydrogen-bond donors (Lipinski definition) is 7. The zero-order chi connectivity index (χ0) is 14.2. The summed E-state index contributed by atoms with van der Waals surface area (Å²) in [6, 6.07) is 0. The van der Waals surface area contributed by atoms with E-state index in [1.54, 1.807) is 0 Å². The fourth-order valence-electron chi connectivity index (χ4n) is 0.618. The summed E-state index contributed by atoms with van der Waals surface area (Å²) in [5, 5.41) is 43.5. The molecule has 0 aliphatic heterocycles. The predicted octanol–water partition coefficient (Wildman–Crippen LogP) is -6.49. The van der Waals surface area contributed by atoms with Crippen molar-refractivity contribution in [3.8, 4) is 0 Å². The Balaban J connectivity index is -0.0000000821. The summed E-state index contributed by atoms with van der Waals surface area (Å²) in [6.45, 7) is -0.760. The SMILES string of the molecule is Cl.O=C[C@H](O)[C@@H](O)[C@H](O)[C@H](O)CO.O=S(=O)(O)O.[H-].[Na+]. The third-order valence-corrected chi connectivity index (χ3v) is 1.42. The van der Waals surface area contributed by atoms with E-state index in [4.69, 9.17) is 43.1 Å². The minimum absolute atomic E-state index is 0. The second-order valence-corrected chi connectivity index (χ2v) is 3.70. The molecule has 0 fully saturated rings. The first-order valence-electron chi connectivity index (χ1n) is 4.02. The smallest absolute Gasteiger partial charge is 1.00 e. The van der Waals surface area contributed by atoms with E-state index < -0.39 is 41.4 Å². The summed E-state index contributed by atoms with van der Waals surface area (Å²) in [7, 11) is -4.67. The quantitative estimate of drug-likeness (QED) is 0.144. The van der Waals surface area contributed by atoms with Gasteiger partial charge in [-0.1, -0.05) is 0 Å². The Kier molecular flexibility index (Phi) is 20.0. The summed E-state index contributed by atoms with van der Waals surface area (Å²) in [5.41, 5.74) is 0. The molecule has 0 aliphatic rings. The van der Waals surface area contributed by atoms with Crippen molar-refractivity contribution in [2.75, 3.05) is 6.61 Å². The Bertz CT molecular complexity index is 309. The Morgan fingerprint density at radius 3 is 1.58 bits per heavy atom. The van der Waals surface area contributed by atoms with Crippen LogP contribution in [0.3, 0.4) is 0 Å². The van der Waals surface area contributed by atoms with Crippen LogP contribution in [0.1, 0.15) is 1.43 Å².